The minimum Gasteiger partial charge on any atom is -0.371 e. The topological polar surface area (TPSA) is 28.2 Å². The zero-order valence-corrected chi connectivity index (χ0v) is 13.3. The van der Waals surface area contributed by atoms with Crippen LogP contribution in [0.15, 0.2) is 12.3 Å². The molecule has 0 bridgehead atoms. The molecule has 1 saturated carbocycles. The van der Waals surface area contributed by atoms with Crippen molar-refractivity contribution < 1.29 is 0 Å². The van der Waals surface area contributed by atoms with Crippen molar-refractivity contribution in [3.63, 3.8) is 0 Å². The molecule has 19 heavy (non-hydrogen) atoms. The van der Waals surface area contributed by atoms with E-state index in [0.717, 1.165) is 24.0 Å². The number of hydrogen-bond donors (Lipinski definition) is 1. The first-order valence-electron chi connectivity index (χ1n) is 7.02. The second-order valence-electron chi connectivity index (χ2n) is 5.52. The van der Waals surface area contributed by atoms with Gasteiger partial charge in [-0.25, -0.2) is 0 Å². The van der Waals surface area contributed by atoms with Gasteiger partial charge in [-0.15, -0.1) is 0 Å². The van der Waals surface area contributed by atoms with Gasteiger partial charge in [0, 0.05) is 54.6 Å². The third-order valence-corrected chi connectivity index (χ3v) is 4.52. The van der Waals surface area contributed by atoms with Gasteiger partial charge in [0.2, 0.25) is 0 Å². The Bertz CT molecular complexity index is 418. The largest absolute Gasteiger partial charge is 0.371 e. The van der Waals surface area contributed by atoms with Crippen molar-refractivity contribution in [2.75, 3.05) is 24.0 Å². The van der Waals surface area contributed by atoms with Gasteiger partial charge in [0.1, 0.15) is 0 Å². The third-order valence-electron chi connectivity index (χ3n) is 3.71. The fraction of sp³-hybridized carbons (Fsp3) is 0.667. The standard InChI is InChI=1S/C15H25N3S/c1-11-7-15(18(3)12(2)10-19-4)13(8-16-11)9-17-14-5-6-14/h7-8,12,14,17H,5-6,9-10H2,1-4H3. The predicted molar refractivity (Wildman–Crippen MR) is 85.1 cm³/mol. The highest BCUT2D eigenvalue weighted by Gasteiger charge is 2.21. The van der Waals surface area contributed by atoms with Gasteiger partial charge >= 0.3 is 0 Å². The Morgan fingerprint density at radius 1 is 1.53 bits per heavy atom. The molecule has 0 amide bonds. The maximum Gasteiger partial charge on any atom is 0.0445 e. The van der Waals surface area contributed by atoms with Crippen molar-refractivity contribution in [1.82, 2.24) is 10.3 Å². The Morgan fingerprint density at radius 3 is 2.89 bits per heavy atom. The Hall–Kier alpha value is -0.740. The number of nitrogens with zero attached hydrogens (tertiary/aromatic N) is 2. The smallest absolute Gasteiger partial charge is 0.0445 e. The van der Waals surface area contributed by atoms with Gasteiger partial charge < -0.3 is 10.2 Å². The average Bonchev–Trinajstić information content (AvgIpc) is 3.20. The molecule has 0 spiro atoms. The van der Waals surface area contributed by atoms with E-state index in [4.69, 9.17) is 0 Å². The monoisotopic (exact) mass is 279 g/mol. The summed E-state index contributed by atoms with van der Waals surface area (Å²) in [6.45, 7) is 5.28. The lowest BCUT2D eigenvalue weighted by molar-refractivity contribution is 0.677. The number of nitrogens with one attached hydrogen (secondary N) is 1. The number of rotatable bonds is 7. The molecule has 2 rings (SSSR count). The number of aryl methyl sites for hydroxylation is 1. The summed E-state index contributed by atoms with van der Waals surface area (Å²) in [5, 5.41) is 3.59. The van der Waals surface area contributed by atoms with Crippen LogP contribution in [0.25, 0.3) is 0 Å². The van der Waals surface area contributed by atoms with E-state index in [1.807, 2.05) is 18.0 Å². The first kappa shape index (κ1) is 14.7. The lowest BCUT2D eigenvalue weighted by Crippen LogP contribution is -2.32. The minimum absolute atomic E-state index is 0.538. The van der Waals surface area contributed by atoms with Crippen LogP contribution in [0.2, 0.25) is 0 Å². The Balaban J connectivity index is 2.12. The summed E-state index contributed by atoms with van der Waals surface area (Å²) >= 11 is 1.90. The summed E-state index contributed by atoms with van der Waals surface area (Å²) in [6.07, 6.45) is 6.85. The summed E-state index contributed by atoms with van der Waals surface area (Å²) in [5.41, 5.74) is 3.73. The van der Waals surface area contributed by atoms with E-state index in [2.05, 4.69) is 48.4 Å². The van der Waals surface area contributed by atoms with Gasteiger partial charge in [-0.1, -0.05) is 0 Å². The fourth-order valence-electron chi connectivity index (χ4n) is 2.17. The molecular weight excluding hydrogens is 254 g/mol. The molecule has 1 aromatic heterocycles. The number of anilines is 1. The summed E-state index contributed by atoms with van der Waals surface area (Å²) in [7, 11) is 2.19. The number of hydrogen-bond acceptors (Lipinski definition) is 4. The third kappa shape index (κ3) is 4.11. The summed E-state index contributed by atoms with van der Waals surface area (Å²) in [5.74, 6) is 1.15. The Labute approximate surface area is 121 Å². The normalized spacial score (nSPS) is 16.4. The molecule has 1 aromatic rings. The predicted octanol–water partition coefficient (Wildman–Crippen LogP) is 2.83. The summed E-state index contributed by atoms with van der Waals surface area (Å²) < 4.78 is 0. The lowest BCUT2D eigenvalue weighted by Gasteiger charge is -2.29. The molecular formula is C15H25N3S. The highest BCUT2D eigenvalue weighted by molar-refractivity contribution is 7.98. The zero-order chi connectivity index (χ0) is 13.8. The molecule has 1 fully saturated rings. The van der Waals surface area contributed by atoms with E-state index in [0.29, 0.717) is 6.04 Å². The van der Waals surface area contributed by atoms with E-state index >= 15 is 0 Å². The molecule has 0 aromatic carbocycles. The van der Waals surface area contributed by atoms with Gasteiger partial charge in [0.15, 0.2) is 0 Å². The Morgan fingerprint density at radius 2 is 2.26 bits per heavy atom. The van der Waals surface area contributed by atoms with Gasteiger partial charge in [-0.2, -0.15) is 11.8 Å². The first-order valence-corrected chi connectivity index (χ1v) is 8.42. The second-order valence-corrected chi connectivity index (χ2v) is 6.44. The summed E-state index contributed by atoms with van der Waals surface area (Å²) in [4.78, 5) is 6.84. The zero-order valence-electron chi connectivity index (χ0n) is 12.4. The molecule has 1 atom stereocenters. The van der Waals surface area contributed by atoms with E-state index in [1.54, 1.807) is 0 Å². The van der Waals surface area contributed by atoms with Crippen LogP contribution in [0.3, 0.4) is 0 Å². The van der Waals surface area contributed by atoms with Gasteiger partial charge in [0.05, 0.1) is 0 Å². The van der Waals surface area contributed by atoms with Crippen LogP contribution in [-0.4, -0.2) is 36.1 Å². The van der Waals surface area contributed by atoms with Crippen molar-refractivity contribution in [1.29, 1.82) is 0 Å². The van der Waals surface area contributed by atoms with Crippen LogP contribution in [-0.2, 0) is 6.54 Å². The van der Waals surface area contributed by atoms with Crippen molar-refractivity contribution in [3.8, 4) is 0 Å². The van der Waals surface area contributed by atoms with Gasteiger partial charge in [0.25, 0.3) is 0 Å². The molecule has 1 heterocycles. The van der Waals surface area contributed by atoms with Crippen LogP contribution in [0, 0.1) is 6.92 Å². The molecule has 0 radical (unpaired) electrons. The maximum absolute atomic E-state index is 4.45. The fourth-order valence-corrected chi connectivity index (χ4v) is 2.88. The van der Waals surface area contributed by atoms with E-state index in [1.165, 1.54) is 24.1 Å². The first-order chi connectivity index (χ1) is 9.11. The van der Waals surface area contributed by atoms with Crippen molar-refractivity contribution in [3.05, 3.63) is 23.5 Å². The highest BCUT2D eigenvalue weighted by atomic mass is 32.2. The quantitative estimate of drug-likeness (QED) is 0.831. The van der Waals surface area contributed by atoms with Crippen LogP contribution in [0.5, 0.6) is 0 Å². The molecule has 4 heteroatoms. The van der Waals surface area contributed by atoms with Gasteiger partial charge in [-0.3, -0.25) is 4.98 Å². The minimum atomic E-state index is 0.538. The molecule has 1 aliphatic rings. The van der Waals surface area contributed by atoms with Crippen molar-refractivity contribution in [2.45, 2.75) is 45.3 Å². The van der Waals surface area contributed by atoms with Crippen LogP contribution >= 0.6 is 11.8 Å². The maximum atomic E-state index is 4.45. The number of pyridine rings is 1. The van der Waals surface area contributed by atoms with E-state index in [9.17, 15) is 0 Å². The SMILES string of the molecule is CSCC(C)N(C)c1cc(C)ncc1CNC1CC1. The lowest BCUT2D eigenvalue weighted by atomic mass is 10.1. The molecule has 0 saturated heterocycles. The molecule has 3 nitrogen and oxygen atoms in total. The highest BCUT2D eigenvalue weighted by Crippen LogP contribution is 2.25. The van der Waals surface area contributed by atoms with Crippen molar-refractivity contribution >= 4 is 17.4 Å². The van der Waals surface area contributed by atoms with E-state index < -0.39 is 0 Å². The Kier molecular flexibility index (Phi) is 5.11. The number of thioether (sulfide) groups is 1. The van der Waals surface area contributed by atoms with Crippen molar-refractivity contribution in [2.24, 2.45) is 0 Å². The average molecular weight is 279 g/mol. The number of aromatic nitrogens is 1. The molecule has 1 unspecified atom stereocenters. The van der Waals surface area contributed by atoms with Crippen LogP contribution in [0.1, 0.15) is 31.0 Å². The van der Waals surface area contributed by atoms with Crippen LogP contribution in [0.4, 0.5) is 5.69 Å². The van der Waals surface area contributed by atoms with Gasteiger partial charge in [-0.05, 0) is 39.0 Å². The molecule has 0 aliphatic heterocycles. The van der Waals surface area contributed by atoms with Crippen LogP contribution < -0.4 is 10.2 Å². The molecule has 1 N–H and O–H groups in total. The molecule has 1 aliphatic carbocycles. The van der Waals surface area contributed by atoms with E-state index in [-0.39, 0.29) is 0 Å². The molecule has 106 valence electrons. The second kappa shape index (κ2) is 6.62. The summed E-state index contributed by atoms with van der Waals surface area (Å²) in [6, 6.07) is 3.49.